The van der Waals surface area contributed by atoms with Gasteiger partial charge in [-0.1, -0.05) is 13.8 Å². The molecule has 1 amide bonds. The van der Waals surface area contributed by atoms with Crippen LogP contribution in [0.2, 0.25) is 0 Å². The molecule has 2 rings (SSSR count). The molecule has 1 N–H and O–H groups in total. The van der Waals surface area contributed by atoms with Crippen LogP contribution in [0.1, 0.15) is 45.2 Å². The second-order valence-corrected chi connectivity index (χ2v) is 6.43. The molecule has 1 saturated carbocycles. The number of aryl methyl sites for hydroxylation is 1. The van der Waals surface area contributed by atoms with E-state index in [1.54, 1.807) is 7.11 Å². The second-order valence-electron chi connectivity index (χ2n) is 6.43. The van der Waals surface area contributed by atoms with E-state index in [-0.39, 0.29) is 11.8 Å². The largest absolute Gasteiger partial charge is 0.493 e. The predicted molar refractivity (Wildman–Crippen MR) is 79.9 cm³/mol. The van der Waals surface area contributed by atoms with Crippen molar-refractivity contribution in [1.82, 2.24) is 4.98 Å². The lowest BCUT2D eigenvalue weighted by atomic mass is 9.73. The SMILES string of the molecule is COc1ccc(C)nc1NC(=O)C1CCC(C)(C)CC1. The Morgan fingerprint density at radius 1 is 1.35 bits per heavy atom. The van der Waals surface area contributed by atoms with Crippen LogP contribution in [0.15, 0.2) is 12.1 Å². The summed E-state index contributed by atoms with van der Waals surface area (Å²) in [6.45, 7) is 6.44. The van der Waals surface area contributed by atoms with Gasteiger partial charge in [0.2, 0.25) is 5.91 Å². The Kier molecular flexibility index (Phi) is 4.31. The number of carbonyl (C=O) groups is 1. The lowest BCUT2D eigenvalue weighted by molar-refractivity contribution is -0.121. The molecule has 0 unspecified atom stereocenters. The van der Waals surface area contributed by atoms with Gasteiger partial charge in [0.25, 0.3) is 0 Å². The first kappa shape index (κ1) is 14.8. The third-order valence-electron chi connectivity index (χ3n) is 4.17. The molecule has 1 fully saturated rings. The quantitative estimate of drug-likeness (QED) is 0.918. The van der Waals surface area contributed by atoms with Crippen molar-refractivity contribution in [2.45, 2.75) is 46.5 Å². The first-order chi connectivity index (χ1) is 9.41. The van der Waals surface area contributed by atoms with Crippen molar-refractivity contribution in [1.29, 1.82) is 0 Å². The number of methoxy groups -OCH3 is 1. The zero-order chi connectivity index (χ0) is 14.8. The Labute approximate surface area is 120 Å². The molecule has 4 nitrogen and oxygen atoms in total. The molecule has 0 atom stereocenters. The Morgan fingerprint density at radius 2 is 2.00 bits per heavy atom. The van der Waals surface area contributed by atoms with E-state index in [1.165, 1.54) is 0 Å². The minimum absolute atomic E-state index is 0.0666. The smallest absolute Gasteiger partial charge is 0.228 e. The maximum absolute atomic E-state index is 12.4. The minimum atomic E-state index is 0.0666. The molecule has 0 spiro atoms. The van der Waals surface area contributed by atoms with Gasteiger partial charge < -0.3 is 10.1 Å². The Balaban J connectivity index is 2.03. The molecule has 0 aromatic carbocycles. The number of rotatable bonds is 3. The Bertz CT molecular complexity index is 487. The average Bonchev–Trinajstić information content (AvgIpc) is 2.38. The van der Waals surface area contributed by atoms with Gasteiger partial charge in [-0.2, -0.15) is 0 Å². The van der Waals surface area contributed by atoms with Gasteiger partial charge in [-0.25, -0.2) is 4.98 Å². The maximum Gasteiger partial charge on any atom is 0.228 e. The third kappa shape index (κ3) is 3.50. The van der Waals surface area contributed by atoms with Crippen molar-refractivity contribution in [2.75, 3.05) is 12.4 Å². The summed E-state index contributed by atoms with van der Waals surface area (Å²) in [6, 6.07) is 3.71. The first-order valence-electron chi connectivity index (χ1n) is 7.24. The lowest BCUT2D eigenvalue weighted by Crippen LogP contribution is -2.30. The standard InChI is InChI=1S/C16H24N2O2/c1-11-5-6-13(20-4)14(17-11)18-15(19)12-7-9-16(2,3)10-8-12/h5-6,12H,7-10H2,1-4H3,(H,17,18,19). The summed E-state index contributed by atoms with van der Waals surface area (Å²) in [7, 11) is 1.59. The van der Waals surface area contributed by atoms with E-state index in [4.69, 9.17) is 4.74 Å². The molecule has 1 aromatic heterocycles. The number of nitrogens with zero attached hydrogens (tertiary/aromatic N) is 1. The molecule has 0 bridgehead atoms. The van der Waals surface area contributed by atoms with Gasteiger partial charge in [-0.15, -0.1) is 0 Å². The topological polar surface area (TPSA) is 51.2 Å². The van der Waals surface area contributed by atoms with Gasteiger partial charge in [0.15, 0.2) is 11.6 Å². The molecule has 1 aromatic rings. The minimum Gasteiger partial charge on any atom is -0.493 e. The van der Waals surface area contributed by atoms with Crippen LogP contribution in [0.5, 0.6) is 5.75 Å². The number of anilines is 1. The zero-order valence-corrected chi connectivity index (χ0v) is 12.8. The average molecular weight is 276 g/mol. The summed E-state index contributed by atoms with van der Waals surface area (Å²) < 4.78 is 5.24. The summed E-state index contributed by atoms with van der Waals surface area (Å²) >= 11 is 0. The fourth-order valence-electron chi connectivity index (χ4n) is 2.68. The van der Waals surface area contributed by atoms with Crippen LogP contribution in [0.4, 0.5) is 5.82 Å². The molecule has 4 heteroatoms. The van der Waals surface area contributed by atoms with Crippen molar-refractivity contribution in [3.05, 3.63) is 17.8 Å². The van der Waals surface area contributed by atoms with E-state index >= 15 is 0 Å². The van der Waals surface area contributed by atoms with E-state index < -0.39 is 0 Å². The van der Waals surface area contributed by atoms with Crippen LogP contribution < -0.4 is 10.1 Å². The van der Waals surface area contributed by atoms with E-state index in [1.807, 2.05) is 19.1 Å². The summed E-state index contributed by atoms with van der Waals surface area (Å²) in [4.78, 5) is 16.7. The van der Waals surface area contributed by atoms with Gasteiger partial charge in [0.05, 0.1) is 7.11 Å². The number of amides is 1. The Hall–Kier alpha value is -1.58. The van der Waals surface area contributed by atoms with E-state index in [9.17, 15) is 4.79 Å². The van der Waals surface area contributed by atoms with E-state index in [2.05, 4.69) is 24.1 Å². The van der Waals surface area contributed by atoms with E-state index in [0.29, 0.717) is 17.0 Å². The van der Waals surface area contributed by atoms with Crippen molar-refractivity contribution in [2.24, 2.45) is 11.3 Å². The molecular weight excluding hydrogens is 252 g/mol. The highest BCUT2D eigenvalue weighted by Crippen LogP contribution is 2.38. The number of hydrogen-bond donors (Lipinski definition) is 1. The number of hydrogen-bond acceptors (Lipinski definition) is 3. The normalized spacial score (nSPS) is 18.6. The summed E-state index contributed by atoms with van der Waals surface area (Å²) in [6.07, 6.45) is 4.10. The molecule has 1 aliphatic carbocycles. The van der Waals surface area contributed by atoms with Crippen LogP contribution in [0, 0.1) is 18.3 Å². The number of aromatic nitrogens is 1. The Morgan fingerprint density at radius 3 is 2.60 bits per heavy atom. The molecule has 0 aliphatic heterocycles. The molecule has 0 radical (unpaired) electrons. The number of carbonyl (C=O) groups excluding carboxylic acids is 1. The zero-order valence-electron chi connectivity index (χ0n) is 12.8. The highest BCUT2D eigenvalue weighted by molar-refractivity contribution is 5.93. The molecule has 1 heterocycles. The molecule has 1 aliphatic rings. The third-order valence-corrected chi connectivity index (χ3v) is 4.17. The van der Waals surface area contributed by atoms with E-state index in [0.717, 1.165) is 31.4 Å². The van der Waals surface area contributed by atoms with Crippen LogP contribution in [0.3, 0.4) is 0 Å². The van der Waals surface area contributed by atoms with Gasteiger partial charge in [0, 0.05) is 11.6 Å². The molecule has 110 valence electrons. The summed E-state index contributed by atoms with van der Waals surface area (Å²) in [5.41, 5.74) is 1.24. The fourth-order valence-corrected chi connectivity index (χ4v) is 2.68. The van der Waals surface area contributed by atoms with Gasteiger partial charge in [-0.3, -0.25) is 4.79 Å². The molecular formula is C16H24N2O2. The summed E-state index contributed by atoms with van der Waals surface area (Å²) in [5, 5.41) is 2.92. The highest BCUT2D eigenvalue weighted by Gasteiger charge is 2.31. The van der Waals surface area contributed by atoms with Crippen molar-refractivity contribution in [3.63, 3.8) is 0 Å². The van der Waals surface area contributed by atoms with Gasteiger partial charge in [0.1, 0.15) is 0 Å². The van der Waals surface area contributed by atoms with Crippen molar-refractivity contribution >= 4 is 11.7 Å². The maximum atomic E-state index is 12.4. The molecule has 20 heavy (non-hydrogen) atoms. The second kappa shape index (κ2) is 5.81. The van der Waals surface area contributed by atoms with Gasteiger partial charge in [-0.05, 0) is 50.2 Å². The van der Waals surface area contributed by atoms with Crippen LogP contribution in [-0.2, 0) is 4.79 Å². The molecule has 0 saturated heterocycles. The number of nitrogens with one attached hydrogen (secondary N) is 1. The van der Waals surface area contributed by atoms with Gasteiger partial charge >= 0.3 is 0 Å². The van der Waals surface area contributed by atoms with Crippen LogP contribution in [0.25, 0.3) is 0 Å². The predicted octanol–water partition coefficient (Wildman–Crippen LogP) is 3.55. The van der Waals surface area contributed by atoms with Crippen molar-refractivity contribution < 1.29 is 9.53 Å². The van der Waals surface area contributed by atoms with Crippen LogP contribution in [-0.4, -0.2) is 18.0 Å². The van der Waals surface area contributed by atoms with Crippen molar-refractivity contribution in [3.8, 4) is 5.75 Å². The number of pyridine rings is 1. The van der Waals surface area contributed by atoms with Crippen LogP contribution >= 0.6 is 0 Å². The lowest BCUT2D eigenvalue weighted by Gasteiger charge is -2.33. The summed E-state index contributed by atoms with van der Waals surface area (Å²) in [5.74, 6) is 1.30. The monoisotopic (exact) mass is 276 g/mol. The number of ether oxygens (including phenoxy) is 1. The fraction of sp³-hybridized carbons (Fsp3) is 0.625. The highest BCUT2D eigenvalue weighted by atomic mass is 16.5. The first-order valence-corrected chi connectivity index (χ1v) is 7.24.